The topological polar surface area (TPSA) is 23.0 Å². The number of para-hydroxylation sites is 3. The molecule has 54 heavy (non-hydrogen) atoms. The Morgan fingerprint density at radius 3 is 1.59 bits per heavy atom. The van der Waals surface area contributed by atoms with Gasteiger partial charge >= 0.3 is 0 Å². The lowest BCUT2D eigenvalue weighted by Gasteiger charge is -2.22. The molecule has 254 valence electrons. The Labute approximate surface area is 311 Å². The second-order valence-corrected chi connectivity index (χ2v) is 15.3. The van der Waals surface area contributed by atoms with Crippen LogP contribution >= 0.6 is 0 Å². The summed E-state index contributed by atoms with van der Waals surface area (Å²) in [5.74, 6) is 0. The summed E-state index contributed by atoms with van der Waals surface area (Å²) < 4.78 is 11.0. The highest BCUT2D eigenvalue weighted by Crippen LogP contribution is 2.49. The highest BCUT2D eigenvalue weighted by molar-refractivity contribution is 6.13. The maximum Gasteiger partial charge on any atom is 0.135 e. The number of aromatic nitrogens is 2. The molecule has 0 atom stereocenters. The van der Waals surface area contributed by atoms with Gasteiger partial charge in [-0.1, -0.05) is 111 Å². The largest absolute Gasteiger partial charge is 0.456 e. The van der Waals surface area contributed by atoms with E-state index in [1.54, 1.807) is 0 Å². The molecule has 0 saturated heterocycles. The third-order valence-electron chi connectivity index (χ3n) is 12.1. The van der Waals surface area contributed by atoms with Crippen LogP contribution in [-0.4, -0.2) is 9.13 Å². The van der Waals surface area contributed by atoms with Crippen LogP contribution in [0.25, 0.3) is 99.2 Å². The summed E-state index contributed by atoms with van der Waals surface area (Å²) in [4.78, 5) is 0. The molecule has 0 saturated carbocycles. The van der Waals surface area contributed by atoms with Crippen LogP contribution in [0.3, 0.4) is 0 Å². The average molecular weight is 691 g/mol. The summed E-state index contributed by atoms with van der Waals surface area (Å²) in [5.41, 5.74) is 16.8. The summed E-state index contributed by atoms with van der Waals surface area (Å²) in [5, 5.41) is 7.27. The van der Waals surface area contributed by atoms with Crippen molar-refractivity contribution >= 4 is 65.6 Å². The zero-order valence-corrected chi connectivity index (χ0v) is 30.0. The lowest BCUT2D eigenvalue weighted by molar-refractivity contribution is 0.660. The van der Waals surface area contributed by atoms with E-state index in [0.29, 0.717) is 0 Å². The van der Waals surface area contributed by atoms with E-state index in [1.165, 1.54) is 82.7 Å². The summed E-state index contributed by atoms with van der Waals surface area (Å²) in [7, 11) is 0. The van der Waals surface area contributed by atoms with Gasteiger partial charge in [-0.05, 0) is 106 Å². The van der Waals surface area contributed by atoms with Gasteiger partial charge in [0.1, 0.15) is 11.2 Å². The molecule has 0 radical (unpaired) electrons. The minimum atomic E-state index is -0.0595. The van der Waals surface area contributed by atoms with Crippen LogP contribution in [0.15, 0.2) is 174 Å². The van der Waals surface area contributed by atoms with E-state index in [-0.39, 0.29) is 5.41 Å². The van der Waals surface area contributed by atoms with Gasteiger partial charge in [0.05, 0.1) is 22.1 Å². The Hall–Kier alpha value is -6.84. The van der Waals surface area contributed by atoms with Crippen molar-refractivity contribution in [1.82, 2.24) is 9.13 Å². The van der Waals surface area contributed by atoms with Gasteiger partial charge in [0.15, 0.2) is 0 Å². The van der Waals surface area contributed by atoms with E-state index in [9.17, 15) is 0 Å². The molecular formula is C51H34N2O. The minimum absolute atomic E-state index is 0.0595. The van der Waals surface area contributed by atoms with Crippen LogP contribution in [0.5, 0.6) is 0 Å². The van der Waals surface area contributed by atoms with E-state index in [2.05, 4.69) is 181 Å². The second kappa shape index (κ2) is 10.6. The van der Waals surface area contributed by atoms with Crippen LogP contribution in [0.1, 0.15) is 25.0 Å². The summed E-state index contributed by atoms with van der Waals surface area (Å²) in [6.45, 7) is 4.71. The lowest BCUT2D eigenvalue weighted by Crippen LogP contribution is -2.15. The van der Waals surface area contributed by atoms with Crippen molar-refractivity contribution < 1.29 is 4.42 Å². The third kappa shape index (κ3) is 3.96. The number of furan rings is 1. The SMILES string of the molecule is CC1(C)c2ccccc2-c2ccc(-n3c4ccccc4c4cc(-c5ccc6c(c5)c5ccccc5n6-c5ccc6oc7ccccc7c6c5)ccc43)cc21. The Bertz CT molecular complexity index is 3370. The number of hydrogen-bond donors (Lipinski definition) is 0. The highest BCUT2D eigenvalue weighted by atomic mass is 16.3. The van der Waals surface area contributed by atoms with Crippen molar-refractivity contribution in [2.75, 3.05) is 0 Å². The molecular weight excluding hydrogens is 657 g/mol. The molecule has 1 aliphatic rings. The lowest BCUT2D eigenvalue weighted by atomic mass is 9.82. The van der Waals surface area contributed by atoms with E-state index in [1.807, 2.05) is 12.1 Å². The molecule has 0 bridgehead atoms. The number of nitrogens with zero attached hydrogens (tertiary/aromatic N) is 2. The van der Waals surface area contributed by atoms with Gasteiger partial charge in [0.25, 0.3) is 0 Å². The van der Waals surface area contributed by atoms with Gasteiger partial charge in [0.2, 0.25) is 0 Å². The first-order chi connectivity index (χ1) is 26.5. The molecule has 3 nitrogen and oxygen atoms in total. The fourth-order valence-corrected chi connectivity index (χ4v) is 9.55. The fourth-order valence-electron chi connectivity index (χ4n) is 9.55. The Balaban J connectivity index is 1.02. The average Bonchev–Trinajstić information content (AvgIpc) is 3.92. The molecule has 3 aromatic heterocycles. The standard InChI is InChI=1S/C51H34N2O/c1-51(2)43-15-7-3-11-35(43)36-23-21-34(30-44(36)51)53-46-17-9-5-13-38(46)41-28-32(20-25-48(41)53)31-19-24-47-40(27-31)37-12-4-8-16-45(37)52(47)33-22-26-50-42(29-33)39-14-6-10-18-49(39)54-50/h3-30H,1-2H3. The number of fused-ring (bicyclic) bond motifs is 12. The van der Waals surface area contributed by atoms with Crippen molar-refractivity contribution in [3.05, 3.63) is 181 Å². The van der Waals surface area contributed by atoms with Crippen LogP contribution in [0.2, 0.25) is 0 Å². The number of benzene rings is 8. The van der Waals surface area contributed by atoms with Gasteiger partial charge < -0.3 is 13.6 Å². The van der Waals surface area contributed by atoms with Crippen LogP contribution in [0, 0.1) is 0 Å². The summed E-state index contributed by atoms with van der Waals surface area (Å²) in [6, 6.07) is 62.3. The Morgan fingerprint density at radius 2 is 0.889 bits per heavy atom. The Morgan fingerprint density at radius 1 is 0.370 bits per heavy atom. The highest BCUT2D eigenvalue weighted by Gasteiger charge is 2.35. The normalized spacial score (nSPS) is 13.5. The molecule has 3 heterocycles. The van der Waals surface area contributed by atoms with Crippen LogP contribution in [-0.2, 0) is 5.41 Å². The zero-order valence-electron chi connectivity index (χ0n) is 30.0. The predicted molar refractivity (Wildman–Crippen MR) is 225 cm³/mol. The maximum atomic E-state index is 6.18. The smallest absolute Gasteiger partial charge is 0.135 e. The first-order valence-electron chi connectivity index (χ1n) is 18.8. The van der Waals surface area contributed by atoms with E-state index in [4.69, 9.17) is 4.42 Å². The maximum absolute atomic E-state index is 6.18. The monoisotopic (exact) mass is 690 g/mol. The molecule has 12 rings (SSSR count). The molecule has 1 aliphatic carbocycles. The molecule has 11 aromatic rings. The number of hydrogen-bond acceptors (Lipinski definition) is 1. The van der Waals surface area contributed by atoms with E-state index in [0.717, 1.165) is 27.6 Å². The van der Waals surface area contributed by atoms with Crippen molar-refractivity contribution in [3.8, 4) is 33.6 Å². The molecule has 0 aliphatic heterocycles. The van der Waals surface area contributed by atoms with Gasteiger partial charge in [-0.15, -0.1) is 0 Å². The van der Waals surface area contributed by atoms with Crippen molar-refractivity contribution in [2.45, 2.75) is 19.3 Å². The first kappa shape index (κ1) is 29.7. The van der Waals surface area contributed by atoms with Crippen molar-refractivity contribution in [2.24, 2.45) is 0 Å². The molecule has 0 amide bonds. The third-order valence-corrected chi connectivity index (χ3v) is 12.1. The first-order valence-corrected chi connectivity index (χ1v) is 18.8. The van der Waals surface area contributed by atoms with Gasteiger partial charge in [-0.25, -0.2) is 0 Å². The molecule has 8 aromatic carbocycles. The van der Waals surface area contributed by atoms with Gasteiger partial charge in [-0.3, -0.25) is 0 Å². The van der Waals surface area contributed by atoms with Crippen molar-refractivity contribution in [1.29, 1.82) is 0 Å². The summed E-state index contributed by atoms with van der Waals surface area (Å²) >= 11 is 0. The molecule has 0 unspecified atom stereocenters. The van der Waals surface area contributed by atoms with Crippen molar-refractivity contribution in [3.63, 3.8) is 0 Å². The molecule has 0 N–H and O–H groups in total. The quantitative estimate of drug-likeness (QED) is 0.181. The summed E-state index contributed by atoms with van der Waals surface area (Å²) in [6.07, 6.45) is 0. The van der Waals surface area contributed by atoms with Crippen LogP contribution in [0.4, 0.5) is 0 Å². The Kier molecular flexibility index (Phi) is 5.84. The van der Waals surface area contributed by atoms with E-state index >= 15 is 0 Å². The molecule has 3 heteroatoms. The zero-order chi connectivity index (χ0) is 35.7. The van der Waals surface area contributed by atoms with E-state index < -0.39 is 0 Å². The van der Waals surface area contributed by atoms with Gasteiger partial charge in [-0.2, -0.15) is 0 Å². The fraction of sp³-hybridized carbons (Fsp3) is 0.0588. The van der Waals surface area contributed by atoms with Gasteiger partial charge in [0, 0.05) is 49.1 Å². The second-order valence-electron chi connectivity index (χ2n) is 15.3. The molecule has 0 fully saturated rings. The minimum Gasteiger partial charge on any atom is -0.456 e. The molecule has 0 spiro atoms. The number of rotatable bonds is 3. The van der Waals surface area contributed by atoms with Crippen LogP contribution < -0.4 is 0 Å². The predicted octanol–water partition coefficient (Wildman–Crippen LogP) is 13.8.